The molecule has 0 saturated carbocycles. The number of carboxylic acids is 1. The van der Waals surface area contributed by atoms with E-state index in [1.807, 2.05) is 24.3 Å². The highest BCUT2D eigenvalue weighted by molar-refractivity contribution is 5.77. The van der Waals surface area contributed by atoms with Crippen molar-refractivity contribution < 1.29 is 9.90 Å². The zero-order chi connectivity index (χ0) is 16.9. The molecule has 3 heterocycles. The molecule has 0 spiro atoms. The van der Waals surface area contributed by atoms with Gasteiger partial charge < -0.3 is 10.0 Å². The van der Waals surface area contributed by atoms with Gasteiger partial charge in [0.2, 0.25) is 0 Å². The second kappa shape index (κ2) is 7.67. The van der Waals surface area contributed by atoms with Crippen molar-refractivity contribution in [2.75, 3.05) is 13.1 Å². The van der Waals surface area contributed by atoms with Crippen molar-refractivity contribution in [1.29, 1.82) is 0 Å². The number of hydrogen-bond donors (Lipinski definition) is 1. The molecule has 4 aliphatic rings. The Morgan fingerprint density at radius 1 is 1.25 bits per heavy atom. The van der Waals surface area contributed by atoms with E-state index in [0.717, 1.165) is 17.7 Å². The largest absolute Gasteiger partial charge is 0.479 e. The maximum atomic E-state index is 10.8. The molecule has 3 atom stereocenters. The monoisotopic (exact) mass is 326 g/mol. The summed E-state index contributed by atoms with van der Waals surface area (Å²) in [6.07, 6.45) is 21.7. The lowest BCUT2D eigenvalue weighted by molar-refractivity contribution is -0.140. The van der Waals surface area contributed by atoms with Gasteiger partial charge in [0.1, 0.15) is 6.04 Å². The number of carbonyl (C=O) groups is 1. The lowest BCUT2D eigenvalue weighted by atomic mass is 9.90. The average molecular weight is 326 g/mol. The van der Waals surface area contributed by atoms with Crippen LogP contribution in [0.3, 0.4) is 0 Å². The van der Waals surface area contributed by atoms with E-state index in [-0.39, 0.29) is 0 Å². The van der Waals surface area contributed by atoms with E-state index in [0.29, 0.717) is 0 Å². The van der Waals surface area contributed by atoms with Gasteiger partial charge in [0.25, 0.3) is 0 Å². The second-order valence-corrected chi connectivity index (χ2v) is 6.54. The van der Waals surface area contributed by atoms with E-state index in [9.17, 15) is 4.79 Å². The summed E-state index contributed by atoms with van der Waals surface area (Å²) in [4.78, 5) is 15.2. The molecule has 4 nitrogen and oxygen atoms in total. The molecule has 0 aromatic rings. The highest BCUT2D eigenvalue weighted by atomic mass is 16.4. The fraction of sp³-hybridized carbons (Fsp3) is 0.450. The van der Waals surface area contributed by atoms with Crippen molar-refractivity contribution in [2.24, 2.45) is 5.92 Å². The molecule has 0 radical (unpaired) electrons. The average Bonchev–Trinajstić information content (AvgIpc) is 3.05. The van der Waals surface area contributed by atoms with Crippen LogP contribution in [0, 0.1) is 5.92 Å². The zero-order valence-electron chi connectivity index (χ0n) is 14.2. The van der Waals surface area contributed by atoms with Crippen molar-refractivity contribution in [3.63, 3.8) is 0 Å². The minimum absolute atomic E-state index is 0.568. The third-order valence-electron chi connectivity index (χ3n) is 5.17. The fourth-order valence-corrected chi connectivity index (χ4v) is 3.88. The van der Waals surface area contributed by atoms with E-state index >= 15 is 0 Å². The van der Waals surface area contributed by atoms with E-state index in [2.05, 4.69) is 24.0 Å². The minimum Gasteiger partial charge on any atom is -0.479 e. The summed E-state index contributed by atoms with van der Waals surface area (Å²) in [5.74, 6) is 0.154. The van der Waals surface area contributed by atoms with Crippen LogP contribution in [0.5, 0.6) is 0 Å². The van der Waals surface area contributed by atoms with Crippen molar-refractivity contribution in [3.05, 3.63) is 60.5 Å². The first-order valence-electron chi connectivity index (χ1n) is 8.86. The molecule has 3 aliphatic heterocycles. The molecular weight excluding hydrogens is 300 g/mol. The molecule has 1 aliphatic carbocycles. The zero-order valence-corrected chi connectivity index (χ0v) is 14.2. The van der Waals surface area contributed by atoms with Crippen molar-refractivity contribution >= 4 is 5.97 Å². The number of fused-ring (bicyclic) bond motifs is 2. The minimum atomic E-state index is -0.832. The van der Waals surface area contributed by atoms with Gasteiger partial charge in [0.05, 0.1) is 0 Å². The Kier molecular flexibility index (Phi) is 5.36. The van der Waals surface area contributed by atoms with Gasteiger partial charge >= 0.3 is 5.97 Å². The summed E-state index contributed by atoms with van der Waals surface area (Å²) in [5, 5.41) is 8.90. The number of nitrogens with zero attached hydrogens (tertiary/aromatic N) is 2. The summed E-state index contributed by atoms with van der Waals surface area (Å²) in [5.41, 5.74) is 0.914. The van der Waals surface area contributed by atoms with Crippen LogP contribution >= 0.6 is 0 Å². The predicted octanol–water partition coefficient (Wildman–Crippen LogP) is 3.33. The predicted molar refractivity (Wildman–Crippen MR) is 96.3 cm³/mol. The molecule has 24 heavy (non-hydrogen) atoms. The Hall–Kier alpha value is -2.07. The van der Waals surface area contributed by atoms with E-state index in [1.165, 1.54) is 32.4 Å². The Morgan fingerprint density at radius 3 is 2.92 bits per heavy atom. The van der Waals surface area contributed by atoms with Crippen molar-refractivity contribution in [2.45, 2.75) is 38.3 Å². The summed E-state index contributed by atoms with van der Waals surface area (Å²) in [6.45, 7) is 4.83. The molecule has 0 aromatic heterocycles. The smallest absolute Gasteiger partial charge is 0.330 e. The van der Waals surface area contributed by atoms with Crippen LogP contribution in [0.1, 0.15) is 26.2 Å². The van der Waals surface area contributed by atoms with Gasteiger partial charge in [0, 0.05) is 17.9 Å². The lowest BCUT2D eigenvalue weighted by Crippen LogP contribution is -2.36. The third-order valence-corrected chi connectivity index (χ3v) is 5.17. The Morgan fingerprint density at radius 2 is 2.12 bits per heavy atom. The first kappa shape index (κ1) is 16.8. The molecule has 0 bridgehead atoms. The maximum absolute atomic E-state index is 10.8. The normalized spacial score (nSPS) is 30.3. The lowest BCUT2D eigenvalue weighted by Gasteiger charge is -2.29. The number of allylic oxidation sites excluding steroid dienone is 6. The van der Waals surface area contributed by atoms with Crippen LogP contribution in [0.15, 0.2) is 60.5 Å². The Bertz CT molecular complexity index is 615. The first-order chi connectivity index (χ1) is 11.7. The SMILES string of the molecule is CCN1CCC2CCC=CC21.O=C(O)C1C=CC=C2C=CC=CN21. The van der Waals surface area contributed by atoms with Crippen LogP contribution in [0.4, 0.5) is 0 Å². The second-order valence-electron chi connectivity index (χ2n) is 6.54. The van der Waals surface area contributed by atoms with Crippen LogP contribution < -0.4 is 0 Å². The number of hydrogen-bond acceptors (Lipinski definition) is 3. The molecule has 4 rings (SSSR count). The van der Waals surface area contributed by atoms with Gasteiger partial charge in [-0.25, -0.2) is 4.79 Å². The first-order valence-corrected chi connectivity index (χ1v) is 8.86. The van der Waals surface area contributed by atoms with Crippen molar-refractivity contribution in [1.82, 2.24) is 9.80 Å². The summed E-state index contributed by atoms with van der Waals surface area (Å²) >= 11 is 0. The standard InChI is InChI=1S/C10H9NO2.C10H17N/c12-10(13)9-6-3-5-8-4-1-2-7-11(8)9;1-2-11-8-7-9-5-3-4-6-10(9)11/h1-7,9H,(H,12,13);4,6,9-10H,2-3,5,7-8H2,1H3. The van der Waals surface area contributed by atoms with Gasteiger partial charge in [-0.2, -0.15) is 0 Å². The quantitative estimate of drug-likeness (QED) is 0.791. The van der Waals surface area contributed by atoms with E-state index < -0.39 is 12.0 Å². The Labute approximate surface area is 144 Å². The van der Waals surface area contributed by atoms with Gasteiger partial charge in [-0.05, 0) is 56.5 Å². The van der Waals surface area contributed by atoms with Crippen molar-refractivity contribution in [3.8, 4) is 0 Å². The van der Waals surface area contributed by atoms with Gasteiger partial charge in [-0.15, -0.1) is 0 Å². The van der Waals surface area contributed by atoms with Crippen LogP contribution in [0.25, 0.3) is 0 Å². The fourth-order valence-electron chi connectivity index (χ4n) is 3.88. The van der Waals surface area contributed by atoms with Gasteiger partial charge in [0.15, 0.2) is 0 Å². The summed E-state index contributed by atoms with van der Waals surface area (Å²) < 4.78 is 0. The molecule has 4 heteroatoms. The topological polar surface area (TPSA) is 43.8 Å². The molecule has 1 N–H and O–H groups in total. The molecule has 1 saturated heterocycles. The molecule has 3 unspecified atom stereocenters. The van der Waals surface area contributed by atoms with E-state index in [4.69, 9.17) is 5.11 Å². The van der Waals surface area contributed by atoms with Crippen LogP contribution in [-0.4, -0.2) is 46.0 Å². The molecule has 128 valence electrons. The molecule has 1 fully saturated rings. The summed E-state index contributed by atoms with van der Waals surface area (Å²) in [7, 11) is 0. The summed E-state index contributed by atoms with van der Waals surface area (Å²) in [6, 6.07) is 0.231. The van der Waals surface area contributed by atoms with E-state index in [1.54, 1.807) is 23.3 Å². The number of rotatable bonds is 2. The molecule has 0 amide bonds. The number of aliphatic carboxylic acids is 1. The maximum Gasteiger partial charge on any atom is 0.330 e. The van der Waals surface area contributed by atoms with Gasteiger partial charge in [-0.3, -0.25) is 4.90 Å². The highest BCUT2D eigenvalue weighted by Crippen LogP contribution is 2.31. The van der Waals surface area contributed by atoms with Crippen LogP contribution in [0.2, 0.25) is 0 Å². The Balaban J connectivity index is 0.000000143. The number of carboxylic acid groups (broad SMARTS) is 1. The van der Waals surface area contributed by atoms with Crippen LogP contribution in [-0.2, 0) is 4.79 Å². The number of likely N-dealkylation sites (N-methyl/N-ethyl adjacent to an activating group) is 1. The molecule has 0 aromatic carbocycles. The molecular formula is C20H26N2O2. The van der Waals surface area contributed by atoms with Gasteiger partial charge in [-0.1, -0.05) is 37.3 Å². The highest BCUT2D eigenvalue weighted by Gasteiger charge is 2.31. The third kappa shape index (κ3) is 3.54. The number of likely N-dealkylation sites (tertiary alicyclic amines) is 1.